The molecule has 46 heavy (non-hydrogen) atoms. The average Bonchev–Trinajstić information content (AvgIpc) is 3.38. The maximum absolute atomic E-state index is 14.3. The minimum absolute atomic E-state index is 0.0753. The molecule has 1 aliphatic carbocycles. The SMILES string of the molecule is CN=Cc1cc(-c2cnc(C)nc2)cc2c(C(C)=O)nn(CC(=O)N3[C@H](C(=O)Nc4nc(Br)ccc4C)C[C@@]4(CN(C)C)C[C@@H]34)c12. The van der Waals surface area contributed by atoms with E-state index in [2.05, 4.69) is 51.2 Å². The number of nitrogens with one attached hydrogen (secondary N) is 1. The van der Waals surface area contributed by atoms with Crippen molar-refractivity contribution in [1.82, 2.24) is 34.5 Å². The molecule has 6 rings (SSSR count). The number of piperidine rings is 1. The highest BCUT2D eigenvalue weighted by molar-refractivity contribution is 9.10. The predicted octanol–water partition coefficient (Wildman–Crippen LogP) is 4.08. The number of hydrogen-bond donors (Lipinski definition) is 1. The van der Waals surface area contributed by atoms with Crippen molar-refractivity contribution in [1.29, 1.82) is 0 Å². The van der Waals surface area contributed by atoms with Gasteiger partial charge in [0.1, 0.15) is 34.5 Å². The summed E-state index contributed by atoms with van der Waals surface area (Å²) in [5, 5.41) is 8.23. The highest BCUT2D eigenvalue weighted by atomic mass is 79.9. The number of fused-ring (bicyclic) bond motifs is 2. The summed E-state index contributed by atoms with van der Waals surface area (Å²) in [4.78, 5) is 62.1. The lowest BCUT2D eigenvalue weighted by atomic mass is 9.98. The minimum Gasteiger partial charge on any atom is -0.325 e. The first-order valence-corrected chi connectivity index (χ1v) is 15.9. The number of benzene rings is 1. The van der Waals surface area contributed by atoms with E-state index in [1.807, 2.05) is 52.2 Å². The molecular formula is C33H36BrN9O3. The van der Waals surface area contributed by atoms with Crippen molar-refractivity contribution in [2.45, 2.75) is 52.2 Å². The lowest BCUT2D eigenvalue weighted by molar-refractivity contribution is -0.138. The molecule has 2 aliphatic rings. The molecule has 12 nitrogen and oxygen atoms in total. The van der Waals surface area contributed by atoms with Crippen LogP contribution < -0.4 is 5.32 Å². The highest BCUT2D eigenvalue weighted by Crippen LogP contribution is 2.60. The second kappa shape index (κ2) is 12.1. The van der Waals surface area contributed by atoms with Crippen LogP contribution in [0.3, 0.4) is 0 Å². The number of rotatable bonds is 9. The van der Waals surface area contributed by atoms with Gasteiger partial charge in [-0.1, -0.05) is 6.07 Å². The fraction of sp³-hybridized carbons (Fsp3) is 0.394. The number of halogens is 1. The van der Waals surface area contributed by atoms with Crippen molar-refractivity contribution in [3.05, 3.63) is 63.9 Å². The molecule has 1 saturated carbocycles. The summed E-state index contributed by atoms with van der Waals surface area (Å²) < 4.78 is 2.18. The van der Waals surface area contributed by atoms with Crippen LogP contribution in [-0.4, -0.2) is 98.1 Å². The number of carbonyl (C=O) groups excluding carboxylic acids is 3. The van der Waals surface area contributed by atoms with E-state index in [0.717, 1.165) is 29.7 Å². The Morgan fingerprint density at radius 1 is 1.13 bits per heavy atom. The molecule has 1 aliphatic heterocycles. The Labute approximate surface area is 275 Å². The lowest BCUT2D eigenvalue weighted by Crippen LogP contribution is -2.47. The van der Waals surface area contributed by atoms with E-state index in [4.69, 9.17) is 0 Å². The number of likely N-dealkylation sites (tertiary alicyclic amines) is 1. The van der Waals surface area contributed by atoms with E-state index in [1.165, 1.54) is 6.92 Å². The molecule has 0 spiro atoms. The van der Waals surface area contributed by atoms with Crippen LogP contribution in [0.1, 0.15) is 47.2 Å². The van der Waals surface area contributed by atoms with Gasteiger partial charge >= 0.3 is 0 Å². The molecule has 238 valence electrons. The van der Waals surface area contributed by atoms with Gasteiger partial charge in [0.15, 0.2) is 5.78 Å². The van der Waals surface area contributed by atoms with Crippen molar-refractivity contribution in [3.63, 3.8) is 0 Å². The summed E-state index contributed by atoms with van der Waals surface area (Å²) in [6.45, 7) is 5.77. The van der Waals surface area contributed by atoms with Gasteiger partial charge in [-0.25, -0.2) is 15.0 Å². The van der Waals surface area contributed by atoms with Crippen LogP contribution in [0.2, 0.25) is 0 Å². The van der Waals surface area contributed by atoms with E-state index >= 15 is 0 Å². The number of aromatic nitrogens is 5. The smallest absolute Gasteiger partial charge is 0.248 e. The number of carbonyl (C=O) groups is 3. The second-order valence-corrected chi connectivity index (χ2v) is 13.4. The largest absolute Gasteiger partial charge is 0.325 e. The van der Waals surface area contributed by atoms with Crippen molar-refractivity contribution >= 4 is 56.5 Å². The minimum atomic E-state index is -0.676. The molecule has 3 atom stereocenters. The fourth-order valence-corrected chi connectivity index (χ4v) is 7.09. The Bertz CT molecular complexity index is 1900. The molecule has 4 aromatic rings. The number of nitrogens with zero attached hydrogens (tertiary/aromatic N) is 8. The maximum Gasteiger partial charge on any atom is 0.248 e. The zero-order valence-electron chi connectivity index (χ0n) is 26.7. The van der Waals surface area contributed by atoms with E-state index < -0.39 is 6.04 Å². The van der Waals surface area contributed by atoms with E-state index in [9.17, 15) is 14.4 Å². The van der Waals surface area contributed by atoms with Gasteiger partial charge in [-0.05, 0) is 86.0 Å². The summed E-state index contributed by atoms with van der Waals surface area (Å²) in [6, 6.07) is 6.75. The monoisotopic (exact) mass is 685 g/mol. The Balaban J connectivity index is 1.38. The van der Waals surface area contributed by atoms with Crippen LogP contribution >= 0.6 is 15.9 Å². The van der Waals surface area contributed by atoms with E-state index in [1.54, 1.807) is 35.2 Å². The van der Waals surface area contributed by atoms with Crippen LogP contribution in [0.15, 0.2) is 46.3 Å². The van der Waals surface area contributed by atoms with Crippen LogP contribution in [-0.2, 0) is 16.1 Å². The first-order chi connectivity index (χ1) is 21.9. The van der Waals surface area contributed by atoms with Crippen LogP contribution in [0.5, 0.6) is 0 Å². The van der Waals surface area contributed by atoms with Gasteiger partial charge < -0.3 is 15.1 Å². The van der Waals surface area contributed by atoms with Crippen LogP contribution in [0.4, 0.5) is 5.82 Å². The number of aliphatic imine (C=N–C) groups is 1. The number of amides is 2. The van der Waals surface area contributed by atoms with Crippen LogP contribution in [0.25, 0.3) is 22.0 Å². The molecule has 1 aromatic carbocycles. The van der Waals surface area contributed by atoms with E-state index in [-0.39, 0.29) is 41.3 Å². The van der Waals surface area contributed by atoms with Gasteiger partial charge in [-0.2, -0.15) is 5.10 Å². The predicted molar refractivity (Wildman–Crippen MR) is 179 cm³/mol. The zero-order chi connectivity index (χ0) is 32.9. The summed E-state index contributed by atoms with van der Waals surface area (Å²) >= 11 is 3.38. The second-order valence-electron chi connectivity index (χ2n) is 12.6. The molecule has 3 aromatic heterocycles. The molecule has 13 heteroatoms. The quantitative estimate of drug-likeness (QED) is 0.158. The summed E-state index contributed by atoms with van der Waals surface area (Å²) in [6.07, 6.45) is 6.53. The number of aryl methyl sites for hydroxylation is 2. The van der Waals surface area contributed by atoms with Gasteiger partial charge in [0.05, 0.1) is 5.52 Å². The maximum atomic E-state index is 14.3. The Morgan fingerprint density at radius 3 is 2.54 bits per heavy atom. The Morgan fingerprint density at radius 2 is 1.87 bits per heavy atom. The van der Waals surface area contributed by atoms with Gasteiger partial charge in [0.2, 0.25) is 11.8 Å². The normalized spacial score (nSPS) is 20.5. The third kappa shape index (κ3) is 5.84. The molecule has 0 radical (unpaired) electrons. The fourth-order valence-electron chi connectivity index (χ4n) is 6.78. The third-order valence-electron chi connectivity index (χ3n) is 8.82. The first kappa shape index (κ1) is 31.6. The summed E-state index contributed by atoms with van der Waals surface area (Å²) in [5.74, 6) is 0.369. The molecule has 4 heterocycles. The molecule has 0 bridgehead atoms. The molecule has 2 fully saturated rings. The number of anilines is 1. The van der Waals surface area contributed by atoms with Gasteiger partial charge in [0, 0.05) is 67.1 Å². The average molecular weight is 687 g/mol. The Kier molecular flexibility index (Phi) is 8.32. The van der Waals surface area contributed by atoms with Gasteiger partial charge in [0.25, 0.3) is 0 Å². The number of pyridine rings is 1. The molecule has 0 unspecified atom stereocenters. The van der Waals surface area contributed by atoms with Crippen molar-refractivity contribution in [2.75, 3.05) is 33.0 Å². The number of ketones is 1. The van der Waals surface area contributed by atoms with Crippen molar-refractivity contribution in [3.8, 4) is 11.1 Å². The summed E-state index contributed by atoms with van der Waals surface area (Å²) in [5.41, 5.74) is 3.81. The first-order valence-electron chi connectivity index (χ1n) is 15.1. The number of hydrogen-bond acceptors (Lipinski definition) is 9. The topological polar surface area (TPSA) is 139 Å². The molecule has 2 amide bonds. The lowest BCUT2D eigenvalue weighted by Gasteiger charge is -2.27. The molecule has 1 saturated heterocycles. The van der Waals surface area contributed by atoms with Crippen LogP contribution in [0, 0.1) is 19.3 Å². The zero-order valence-corrected chi connectivity index (χ0v) is 28.3. The third-order valence-corrected chi connectivity index (χ3v) is 9.26. The standard InChI is InChI=1S/C33H36BrN9O3/c1-18-7-8-27(34)38-31(18)39-32(46)25-11-33(17-41(5)6)12-26(33)43(25)28(45)16-42-30-22(13-35-4)9-21(23-14-36-20(3)37-15-23)10-24(30)29(40-42)19(2)44/h7-10,13-15,25-26H,11-12,16-17H2,1-6H3,(H,38,39,46)/t25-,26+,33-/m0/s1. The van der Waals surface area contributed by atoms with Crippen molar-refractivity contribution in [2.24, 2.45) is 10.4 Å². The highest BCUT2D eigenvalue weighted by Gasteiger charge is 2.67. The van der Waals surface area contributed by atoms with Gasteiger partial charge in [-0.15, -0.1) is 0 Å². The Hall–Kier alpha value is -4.36. The van der Waals surface area contributed by atoms with Gasteiger partial charge in [-0.3, -0.25) is 24.1 Å². The van der Waals surface area contributed by atoms with Crippen molar-refractivity contribution < 1.29 is 14.4 Å². The summed E-state index contributed by atoms with van der Waals surface area (Å²) in [7, 11) is 5.68. The van der Waals surface area contributed by atoms with E-state index in [0.29, 0.717) is 39.1 Å². The number of Topliss-reactive ketones (excluding diaryl/α,β-unsaturated/α-hetero) is 1. The molecule has 1 N–H and O–H groups in total. The molecular weight excluding hydrogens is 650 g/mol.